The van der Waals surface area contributed by atoms with Crippen molar-refractivity contribution in [2.45, 2.75) is 19.1 Å². The molecule has 1 unspecified atom stereocenters. The van der Waals surface area contributed by atoms with E-state index in [0.29, 0.717) is 6.54 Å². The van der Waals surface area contributed by atoms with Crippen molar-refractivity contribution in [2.24, 2.45) is 0 Å². The lowest BCUT2D eigenvalue weighted by atomic mass is 10.0. The quantitative estimate of drug-likeness (QED) is 0.583. The van der Waals surface area contributed by atoms with E-state index in [1.165, 1.54) is 11.1 Å². The van der Waals surface area contributed by atoms with Crippen LogP contribution in [0.1, 0.15) is 11.1 Å². The number of nitrogens with one attached hydrogen (secondary N) is 2. The lowest BCUT2D eigenvalue weighted by molar-refractivity contribution is 0.105. The molecule has 0 radical (unpaired) electrons. The topological polar surface area (TPSA) is 64.5 Å². The second kappa shape index (κ2) is 5.30. The van der Waals surface area contributed by atoms with Crippen molar-refractivity contribution in [3.05, 3.63) is 29.3 Å². The Hall–Kier alpha value is -1.10. The van der Waals surface area contributed by atoms with Crippen molar-refractivity contribution in [1.82, 2.24) is 5.32 Å². The standard InChI is InChI=1S/C12H18N2O2/c15-8-12(16)7-14-11-2-1-10-6-13-4-3-9(10)5-11/h1-2,5,12-16H,3-4,6-8H2. The molecule has 4 N–H and O–H groups in total. The first-order valence-electron chi connectivity index (χ1n) is 5.65. The van der Waals surface area contributed by atoms with Crippen LogP contribution < -0.4 is 10.6 Å². The maximum atomic E-state index is 9.24. The smallest absolute Gasteiger partial charge is 0.0942 e. The van der Waals surface area contributed by atoms with Gasteiger partial charge in [-0.15, -0.1) is 0 Å². The molecule has 1 heterocycles. The third-order valence-corrected chi connectivity index (χ3v) is 2.85. The largest absolute Gasteiger partial charge is 0.394 e. The molecule has 1 aromatic rings. The van der Waals surface area contributed by atoms with Gasteiger partial charge in [0.2, 0.25) is 0 Å². The average molecular weight is 222 g/mol. The van der Waals surface area contributed by atoms with Gasteiger partial charge in [-0.1, -0.05) is 6.07 Å². The third kappa shape index (κ3) is 2.72. The van der Waals surface area contributed by atoms with Gasteiger partial charge in [0, 0.05) is 18.8 Å². The monoisotopic (exact) mass is 222 g/mol. The summed E-state index contributed by atoms with van der Waals surface area (Å²) in [7, 11) is 0. The second-order valence-electron chi connectivity index (χ2n) is 4.13. The van der Waals surface area contributed by atoms with Gasteiger partial charge in [-0.3, -0.25) is 0 Å². The fourth-order valence-corrected chi connectivity index (χ4v) is 1.89. The van der Waals surface area contributed by atoms with E-state index in [9.17, 15) is 5.11 Å². The van der Waals surface area contributed by atoms with E-state index in [1.54, 1.807) is 0 Å². The van der Waals surface area contributed by atoms with Gasteiger partial charge in [-0.25, -0.2) is 0 Å². The third-order valence-electron chi connectivity index (χ3n) is 2.85. The van der Waals surface area contributed by atoms with Gasteiger partial charge < -0.3 is 20.8 Å². The summed E-state index contributed by atoms with van der Waals surface area (Å²) < 4.78 is 0. The molecule has 4 nitrogen and oxygen atoms in total. The van der Waals surface area contributed by atoms with Gasteiger partial charge in [0.05, 0.1) is 12.7 Å². The van der Waals surface area contributed by atoms with E-state index >= 15 is 0 Å². The highest BCUT2D eigenvalue weighted by Crippen LogP contribution is 2.18. The van der Waals surface area contributed by atoms with Crippen molar-refractivity contribution in [3.8, 4) is 0 Å². The van der Waals surface area contributed by atoms with Crippen molar-refractivity contribution in [3.63, 3.8) is 0 Å². The molecule has 0 saturated carbocycles. The maximum absolute atomic E-state index is 9.24. The summed E-state index contributed by atoms with van der Waals surface area (Å²) in [6.07, 6.45) is 0.352. The van der Waals surface area contributed by atoms with Crippen LogP contribution in [0.15, 0.2) is 18.2 Å². The highest BCUT2D eigenvalue weighted by molar-refractivity contribution is 5.49. The molecule has 0 bridgehead atoms. The summed E-state index contributed by atoms with van der Waals surface area (Å²) in [6, 6.07) is 6.24. The van der Waals surface area contributed by atoms with Gasteiger partial charge in [0.25, 0.3) is 0 Å². The van der Waals surface area contributed by atoms with Gasteiger partial charge in [0.15, 0.2) is 0 Å². The lowest BCUT2D eigenvalue weighted by Gasteiger charge is -2.18. The minimum absolute atomic E-state index is 0.206. The Morgan fingerprint density at radius 3 is 3.06 bits per heavy atom. The molecular weight excluding hydrogens is 204 g/mol. The summed E-state index contributed by atoms with van der Waals surface area (Å²) in [6.45, 7) is 2.14. The molecule has 2 rings (SSSR count). The van der Waals surface area contributed by atoms with Crippen molar-refractivity contribution in [2.75, 3.05) is 25.0 Å². The fraction of sp³-hybridized carbons (Fsp3) is 0.500. The highest BCUT2D eigenvalue weighted by atomic mass is 16.3. The zero-order valence-corrected chi connectivity index (χ0v) is 9.24. The van der Waals surface area contributed by atoms with Crippen LogP contribution >= 0.6 is 0 Å². The lowest BCUT2D eigenvalue weighted by Crippen LogP contribution is -2.25. The number of aliphatic hydroxyl groups excluding tert-OH is 2. The van der Waals surface area contributed by atoms with Crippen LogP contribution in [0, 0.1) is 0 Å². The maximum Gasteiger partial charge on any atom is 0.0942 e. The van der Waals surface area contributed by atoms with E-state index in [4.69, 9.17) is 5.11 Å². The summed E-state index contributed by atoms with van der Waals surface area (Å²) in [5.41, 5.74) is 3.72. The first-order valence-corrected chi connectivity index (χ1v) is 5.65. The van der Waals surface area contributed by atoms with Crippen LogP contribution in [0.4, 0.5) is 5.69 Å². The van der Waals surface area contributed by atoms with E-state index in [2.05, 4.69) is 22.8 Å². The van der Waals surface area contributed by atoms with Crippen LogP contribution in [0.25, 0.3) is 0 Å². The van der Waals surface area contributed by atoms with E-state index in [0.717, 1.165) is 25.2 Å². The first-order chi connectivity index (χ1) is 7.79. The number of hydrogen-bond donors (Lipinski definition) is 4. The molecule has 0 fully saturated rings. The molecule has 1 aromatic carbocycles. The van der Waals surface area contributed by atoms with Crippen LogP contribution in [-0.4, -0.2) is 36.0 Å². The predicted octanol–water partition coefficient (Wildman–Crippen LogP) is 0.0974. The molecule has 16 heavy (non-hydrogen) atoms. The molecule has 88 valence electrons. The van der Waals surface area contributed by atoms with E-state index in [-0.39, 0.29) is 6.61 Å². The van der Waals surface area contributed by atoms with Crippen molar-refractivity contribution >= 4 is 5.69 Å². The number of fused-ring (bicyclic) bond motifs is 1. The van der Waals surface area contributed by atoms with Gasteiger partial charge in [-0.05, 0) is 36.2 Å². The van der Waals surface area contributed by atoms with E-state index in [1.807, 2.05) is 6.07 Å². The number of rotatable bonds is 4. The van der Waals surface area contributed by atoms with Gasteiger partial charge >= 0.3 is 0 Å². The molecular formula is C12H18N2O2. The minimum atomic E-state index is -0.697. The number of anilines is 1. The Balaban J connectivity index is 2.00. The molecule has 1 aliphatic rings. The normalized spacial score (nSPS) is 16.6. The fourth-order valence-electron chi connectivity index (χ4n) is 1.89. The predicted molar refractivity (Wildman–Crippen MR) is 63.4 cm³/mol. The summed E-state index contributed by atoms with van der Waals surface area (Å²) in [5, 5.41) is 24.4. The minimum Gasteiger partial charge on any atom is -0.394 e. The molecule has 0 aliphatic carbocycles. The van der Waals surface area contributed by atoms with Gasteiger partial charge in [-0.2, -0.15) is 0 Å². The number of aliphatic hydroxyl groups is 2. The van der Waals surface area contributed by atoms with Crippen LogP contribution in [0.3, 0.4) is 0 Å². The SMILES string of the molecule is OCC(O)CNc1ccc2c(c1)CCNC2. The zero-order chi connectivity index (χ0) is 11.4. The highest BCUT2D eigenvalue weighted by Gasteiger charge is 2.09. The van der Waals surface area contributed by atoms with Crippen LogP contribution in [-0.2, 0) is 13.0 Å². The van der Waals surface area contributed by atoms with Crippen LogP contribution in [0.5, 0.6) is 0 Å². The Kier molecular flexibility index (Phi) is 3.77. The molecule has 1 aliphatic heterocycles. The van der Waals surface area contributed by atoms with Gasteiger partial charge in [0.1, 0.15) is 0 Å². The molecule has 0 spiro atoms. The van der Waals surface area contributed by atoms with Crippen molar-refractivity contribution < 1.29 is 10.2 Å². The Labute approximate surface area is 95.3 Å². The first kappa shape index (κ1) is 11.4. The summed E-state index contributed by atoms with van der Waals surface area (Å²) in [4.78, 5) is 0. The summed E-state index contributed by atoms with van der Waals surface area (Å²) in [5.74, 6) is 0. The molecule has 0 amide bonds. The number of benzene rings is 1. The number of hydrogen-bond acceptors (Lipinski definition) is 4. The second-order valence-corrected chi connectivity index (χ2v) is 4.13. The summed E-state index contributed by atoms with van der Waals surface area (Å²) >= 11 is 0. The molecule has 4 heteroatoms. The molecule has 0 saturated heterocycles. The Bertz CT molecular complexity index is 355. The van der Waals surface area contributed by atoms with Crippen molar-refractivity contribution in [1.29, 1.82) is 0 Å². The Morgan fingerprint density at radius 1 is 1.38 bits per heavy atom. The molecule has 1 atom stereocenters. The zero-order valence-electron chi connectivity index (χ0n) is 9.24. The molecule has 0 aromatic heterocycles. The average Bonchev–Trinajstić information content (AvgIpc) is 2.35. The van der Waals surface area contributed by atoms with E-state index < -0.39 is 6.10 Å². The van der Waals surface area contributed by atoms with Crippen LogP contribution in [0.2, 0.25) is 0 Å². The Morgan fingerprint density at radius 2 is 2.25 bits per heavy atom.